The zero-order valence-corrected chi connectivity index (χ0v) is 12.7. The molecule has 2 aliphatic rings. The number of hydrogen-bond acceptors (Lipinski definition) is 3. The average molecular weight is 274 g/mol. The standard InChI is InChI=1S/C17H26N2O/c1-17(2)8-7-15(13-17)18-14-3-5-16(6-4-14)19-9-11-20-12-10-19/h3-6,15,18H,7-13H2,1-2H3. The molecule has 0 bridgehead atoms. The van der Waals surface area contributed by atoms with E-state index in [9.17, 15) is 0 Å². The summed E-state index contributed by atoms with van der Waals surface area (Å²) >= 11 is 0. The Morgan fingerprint density at radius 1 is 1.15 bits per heavy atom. The van der Waals surface area contributed by atoms with Crippen molar-refractivity contribution in [1.82, 2.24) is 0 Å². The molecule has 0 aromatic heterocycles. The predicted molar refractivity (Wildman–Crippen MR) is 84.5 cm³/mol. The van der Waals surface area contributed by atoms with Crippen LogP contribution in [0.25, 0.3) is 0 Å². The summed E-state index contributed by atoms with van der Waals surface area (Å²) in [6.07, 6.45) is 3.90. The summed E-state index contributed by atoms with van der Waals surface area (Å²) in [5, 5.41) is 3.68. The van der Waals surface area contributed by atoms with Gasteiger partial charge in [-0.1, -0.05) is 13.8 Å². The molecule has 1 aliphatic heterocycles. The van der Waals surface area contributed by atoms with Crippen LogP contribution in [0.2, 0.25) is 0 Å². The molecular formula is C17H26N2O. The van der Waals surface area contributed by atoms with Crippen molar-refractivity contribution in [3.63, 3.8) is 0 Å². The Morgan fingerprint density at radius 2 is 1.85 bits per heavy atom. The molecular weight excluding hydrogens is 248 g/mol. The van der Waals surface area contributed by atoms with Crippen molar-refractivity contribution in [2.45, 2.75) is 39.2 Å². The Kier molecular flexibility index (Phi) is 3.88. The number of rotatable bonds is 3. The molecule has 3 nitrogen and oxygen atoms in total. The second-order valence-electron chi connectivity index (χ2n) is 6.89. The minimum atomic E-state index is 0.505. The van der Waals surface area contributed by atoms with Crippen molar-refractivity contribution >= 4 is 11.4 Å². The third-order valence-corrected chi connectivity index (χ3v) is 4.58. The van der Waals surface area contributed by atoms with Gasteiger partial charge in [0.2, 0.25) is 0 Å². The van der Waals surface area contributed by atoms with Crippen LogP contribution in [0.3, 0.4) is 0 Å². The molecule has 0 amide bonds. The molecule has 2 fully saturated rings. The zero-order valence-electron chi connectivity index (χ0n) is 12.7. The van der Waals surface area contributed by atoms with Crippen LogP contribution in [0, 0.1) is 5.41 Å². The van der Waals surface area contributed by atoms with Gasteiger partial charge in [0.05, 0.1) is 13.2 Å². The first-order valence-corrected chi connectivity index (χ1v) is 7.82. The molecule has 1 aromatic carbocycles. The minimum absolute atomic E-state index is 0.505. The van der Waals surface area contributed by atoms with Crippen molar-refractivity contribution in [2.75, 3.05) is 36.5 Å². The van der Waals surface area contributed by atoms with Gasteiger partial charge in [0, 0.05) is 30.5 Å². The van der Waals surface area contributed by atoms with Crippen LogP contribution >= 0.6 is 0 Å². The number of morpholine rings is 1. The Balaban J connectivity index is 1.59. The molecule has 0 radical (unpaired) electrons. The fourth-order valence-corrected chi connectivity index (χ4v) is 3.39. The van der Waals surface area contributed by atoms with Gasteiger partial charge in [-0.3, -0.25) is 0 Å². The molecule has 20 heavy (non-hydrogen) atoms. The van der Waals surface area contributed by atoms with Crippen LogP contribution in [0.1, 0.15) is 33.1 Å². The number of ether oxygens (including phenoxy) is 1. The second kappa shape index (κ2) is 5.65. The number of anilines is 2. The van der Waals surface area contributed by atoms with Gasteiger partial charge in [-0.2, -0.15) is 0 Å². The van der Waals surface area contributed by atoms with Crippen molar-refractivity contribution in [1.29, 1.82) is 0 Å². The summed E-state index contributed by atoms with van der Waals surface area (Å²) in [7, 11) is 0. The normalized spacial score (nSPS) is 25.7. The molecule has 1 saturated heterocycles. The van der Waals surface area contributed by atoms with E-state index in [1.165, 1.54) is 30.6 Å². The summed E-state index contributed by atoms with van der Waals surface area (Å²) in [6, 6.07) is 9.53. The first-order valence-electron chi connectivity index (χ1n) is 7.82. The van der Waals surface area contributed by atoms with Crippen molar-refractivity contribution in [2.24, 2.45) is 5.41 Å². The Morgan fingerprint density at radius 3 is 2.45 bits per heavy atom. The molecule has 1 aromatic rings. The summed E-state index contributed by atoms with van der Waals surface area (Å²) in [5.41, 5.74) is 3.07. The Hall–Kier alpha value is -1.22. The first-order chi connectivity index (χ1) is 9.62. The third-order valence-electron chi connectivity index (χ3n) is 4.58. The van der Waals surface area contributed by atoms with Crippen LogP contribution in [-0.4, -0.2) is 32.3 Å². The van der Waals surface area contributed by atoms with Crippen LogP contribution in [0.4, 0.5) is 11.4 Å². The van der Waals surface area contributed by atoms with Crippen LogP contribution in [-0.2, 0) is 4.74 Å². The van der Waals surface area contributed by atoms with Gasteiger partial charge < -0.3 is 15.0 Å². The van der Waals surface area contributed by atoms with Gasteiger partial charge in [-0.15, -0.1) is 0 Å². The molecule has 1 unspecified atom stereocenters. The van der Waals surface area contributed by atoms with Crippen molar-refractivity contribution in [3.05, 3.63) is 24.3 Å². The topological polar surface area (TPSA) is 24.5 Å². The minimum Gasteiger partial charge on any atom is -0.382 e. The Labute approximate surface area is 122 Å². The summed E-state index contributed by atoms with van der Waals surface area (Å²) < 4.78 is 5.40. The number of benzene rings is 1. The lowest BCUT2D eigenvalue weighted by Gasteiger charge is -2.29. The van der Waals surface area contributed by atoms with E-state index in [4.69, 9.17) is 4.74 Å². The van der Waals surface area contributed by atoms with Gasteiger partial charge in [0.15, 0.2) is 0 Å². The lowest BCUT2D eigenvalue weighted by atomic mass is 9.92. The molecule has 1 atom stereocenters. The molecule has 110 valence electrons. The molecule has 3 rings (SSSR count). The van der Waals surface area contributed by atoms with Gasteiger partial charge in [0.25, 0.3) is 0 Å². The SMILES string of the molecule is CC1(C)CCC(Nc2ccc(N3CCOCC3)cc2)C1. The lowest BCUT2D eigenvalue weighted by molar-refractivity contribution is 0.122. The largest absolute Gasteiger partial charge is 0.382 e. The van der Waals surface area contributed by atoms with E-state index in [1.54, 1.807) is 0 Å². The fourth-order valence-electron chi connectivity index (χ4n) is 3.39. The van der Waals surface area contributed by atoms with E-state index in [2.05, 4.69) is 48.3 Å². The van der Waals surface area contributed by atoms with Gasteiger partial charge in [0.1, 0.15) is 0 Å². The maximum Gasteiger partial charge on any atom is 0.0642 e. The average Bonchev–Trinajstić information content (AvgIpc) is 2.80. The fraction of sp³-hybridized carbons (Fsp3) is 0.647. The highest BCUT2D eigenvalue weighted by atomic mass is 16.5. The molecule has 1 heterocycles. The second-order valence-corrected chi connectivity index (χ2v) is 6.89. The third kappa shape index (κ3) is 3.26. The molecule has 1 N–H and O–H groups in total. The van der Waals surface area contributed by atoms with Gasteiger partial charge in [-0.05, 0) is 48.9 Å². The monoisotopic (exact) mass is 274 g/mol. The molecule has 3 heteroatoms. The van der Waals surface area contributed by atoms with E-state index >= 15 is 0 Å². The van der Waals surface area contributed by atoms with Crippen LogP contribution in [0.5, 0.6) is 0 Å². The van der Waals surface area contributed by atoms with E-state index < -0.39 is 0 Å². The Bertz CT molecular complexity index is 435. The first kappa shape index (κ1) is 13.7. The lowest BCUT2D eigenvalue weighted by Crippen LogP contribution is -2.36. The number of nitrogens with zero attached hydrogens (tertiary/aromatic N) is 1. The highest BCUT2D eigenvalue weighted by molar-refractivity contribution is 5.55. The number of nitrogens with one attached hydrogen (secondary N) is 1. The molecule has 0 spiro atoms. The molecule has 1 aliphatic carbocycles. The smallest absolute Gasteiger partial charge is 0.0642 e. The van der Waals surface area contributed by atoms with Crippen molar-refractivity contribution in [3.8, 4) is 0 Å². The van der Waals surface area contributed by atoms with E-state index in [1.807, 2.05) is 0 Å². The van der Waals surface area contributed by atoms with Gasteiger partial charge in [-0.25, -0.2) is 0 Å². The summed E-state index contributed by atoms with van der Waals surface area (Å²) in [5.74, 6) is 0. The molecule has 1 saturated carbocycles. The highest BCUT2D eigenvalue weighted by Gasteiger charge is 2.30. The predicted octanol–water partition coefficient (Wildman–Crippen LogP) is 3.51. The maximum absolute atomic E-state index is 5.40. The quantitative estimate of drug-likeness (QED) is 0.913. The van der Waals surface area contributed by atoms with E-state index in [0.717, 1.165) is 26.3 Å². The summed E-state index contributed by atoms with van der Waals surface area (Å²) in [4.78, 5) is 2.39. The van der Waals surface area contributed by atoms with E-state index in [0.29, 0.717) is 11.5 Å². The van der Waals surface area contributed by atoms with E-state index in [-0.39, 0.29) is 0 Å². The zero-order chi connectivity index (χ0) is 14.0. The van der Waals surface area contributed by atoms with Crippen LogP contribution < -0.4 is 10.2 Å². The highest BCUT2D eigenvalue weighted by Crippen LogP contribution is 2.38. The van der Waals surface area contributed by atoms with Crippen molar-refractivity contribution < 1.29 is 4.74 Å². The van der Waals surface area contributed by atoms with Gasteiger partial charge >= 0.3 is 0 Å². The maximum atomic E-state index is 5.40. The van der Waals surface area contributed by atoms with Crippen LogP contribution in [0.15, 0.2) is 24.3 Å². The number of hydrogen-bond donors (Lipinski definition) is 1. The summed E-state index contributed by atoms with van der Waals surface area (Å²) in [6.45, 7) is 8.44.